The number of nitrogens with zero attached hydrogens (tertiary/aromatic N) is 6. The molecule has 3 heterocycles. The van der Waals surface area contributed by atoms with E-state index in [0.717, 1.165) is 25.5 Å². The van der Waals surface area contributed by atoms with Gasteiger partial charge in [0.05, 0.1) is 12.4 Å². The Balaban J connectivity index is 2.11. The number of hydrogen-bond acceptors (Lipinski definition) is 6. The predicted molar refractivity (Wildman–Crippen MR) is 62.9 cm³/mol. The molecule has 2 aromatic heterocycles. The Morgan fingerprint density at radius 2 is 2.24 bits per heavy atom. The minimum Gasteiger partial charge on any atom is -0.347 e. The molecular weight excluding hydrogens is 218 g/mol. The van der Waals surface area contributed by atoms with Gasteiger partial charge in [0.25, 0.3) is 0 Å². The van der Waals surface area contributed by atoms with E-state index in [1.807, 2.05) is 6.20 Å². The number of hydrogen-bond donors (Lipinski definition) is 1. The van der Waals surface area contributed by atoms with Gasteiger partial charge >= 0.3 is 0 Å². The molecule has 0 unspecified atom stereocenters. The van der Waals surface area contributed by atoms with Crippen LogP contribution in [-0.4, -0.2) is 50.2 Å². The van der Waals surface area contributed by atoms with E-state index in [0.29, 0.717) is 5.65 Å². The maximum Gasteiger partial charge on any atom is 0.199 e. The fourth-order valence-corrected chi connectivity index (χ4v) is 2.25. The predicted octanol–water partition coefficient (Wildman–Crippen LogP) is -0.293. The van der Waals surface area contributed by atoms with Gasteiger partial charge in [0, 0.05) is 25.2 Å². The molecule has 0 radical (unpaired) electrons. The quantitative estimate of drug-likeness (QED) is 0.729. The van der Waals surface area contributed by atoms with E-state index in [2.05, 4.69) is 44.6 Å². The minimum absolute atomic E-state index is 0.0279. The molecule has 1 N–H and O–H groups in total. The Bertz CT molecular complexity index is 532. The van der Waals surface area contributed by atoms with E-state index in [1.165, 1.54) is 0 Å². The smallest absolute Gasteiger partial charge is 0.199 e. The summed E-state index contributed by atoms with van der Waals surface area (Å²) in [4.78, 5) is 6.49. The van der Waals surface area contributed by atoms with Crippen molar-refractivity contribution in [3.8, 4) is 0 Å². The summed E-state index contributed by atoms with van der Waals surface area (Å²) in [5.41, 5.74) is 0.706. The molecule has 17 heavy (non-hydrogen) atoms. The summed E-state index contributed by atoms with van der Waals surface area (Å²) in [7, 11) is 0. The molecule has 0 amide bonds. The molecule has 1 aliphatic rings. The third-order valence-corrected chi connectivity index (χ3v) is 3.17. The number of nitrogens with one attached hydrogen (secondary N) is 1. The van der Waals surface area contributed by atoms with Crippen molar-refractivity contribution in [2.75, 3.05) is 24.5 Å². The van der Waals surface area contributed by atoms with Crippen LogP contribution in [0.1, 0.15) is 13.8 Å². The highest BCUT2D eigenvalue weighted by atomic mass is 15.5. The van der Waals surface area contributed by atoms with E-state index in [9.17, 15) is 0 Å². The standard InChI is InChI=1S/C10H15N7/c1-10(2)7-11-3-4-16(10)9-6-12-5-8-13-14-15-17(8)9/h5-6,11H,3-4,7H2,1-2H3. The molecule has 7 heteroatoms. The van der Waals surface area contributed by atoms with E-state index < -0.39 is 0 Å². The summed E-state index contributed by atoms with van der Waals surface area (Å²) >= 11 is 0. The molecule has 3 rings (SSSR count). The van der Waals surface area contributed by atoms with Gasteiger partial charge in [0.15, 0.2) is 11.5 Å². The first-order chi connectivity index (χ1) is 8.18. The summed E-state index contributed by atoms with van der Waals surface area (Å²) in [6.45, 7) is 7.21. The molecule has 2 aromatic rings. The Kier molecular flexibility index (Phi) is 2.22. The zero-order valence-corrected chi connectivity index (χ0v) is 9.96. The highest BCUT2D eigenvalue weighted by Crippen LogP contribution is 2.24. The van der Waals surface area contributed by atoms with Crippen LogP contribution in [0.4, 0.5) is 5.82 Å². The number of tetrazole rings is 1. The SMILES string of the molecule is CC1(C)CNCCN1c1cncc2nnnn12. The van der Waals surface area contributed by atoms with Crippen LogP contribution in [0.25, 0.3) is 5.65 Å². The molecule has 0 saturated carbocycles. The molecule has 7 nitrogen and oxygen atoms in total. The fourth-order valence-electron chi connectivity index (χ4n) is 2.25. The number of anilines is 1. The summed E-state index contributed by atoms with van der Waals surface area (Å²) in [5, 5.41) is 15.0. The Labute approximate surface area is 98.8 Å². The zero-order valence-electron chi connectivity index (χ0n) is 9.96. The third-order valence-electron chi connectivity index (χ3n) is 3.17. The second-order valence-corrected chi connectivity index (χ2v) is 4.86. The van der Waals surface area contributed by atoms with E-state index in [-0.39, 0.29) is 5.54 Å². The van der Waals surface area contributed by atoms with Crippen LogP contribution >= 0.6 is 0 Å². The van der Waals surface area contributed by atoms with Gasteiger partial charge in [-0.15, -0.1) is 5.10 Å². The lowest BCUT2D eigenvalue weighted by Gasteiger charge is -2.43. The van der Waals surface area contributed by atoms with Gasteiger partial charge in [-0.1, -0.05) is 0 Å². The van der Waals surface area contributed by atoms with Crippen molar-refractivity contribution in [3.63, 3.8) is 0 Å². The summed E-state index contributed by atoms with van der Waals surface area (Å²) in [6, 6.07) is 0. The van der Waals surface area contributed by atoms with Crippen molar-refractivity contribution in [1.82, 2.24) is 30.3 Å². The summed E-state index contributed by atoms with van der Waals surface area (Å²) in [6.07, 6.45) is 3.48. The van der Waals surface area contributed by atoms with E-state index in [4.69, 9.17) is 0 Å². The van der Waals surface area contributed by atoms with Crippen molar-refractivity contribution in [1.29, 1.82) is 0 Å². The highest BCUT2D eigenvalue weighted by Gasteiger charge is 2.31. The number of rotatable bonds is 1. The first-order valence-electron chi connectivity index (χ1n) is 5.69. The monoisotopic (exact) mass is 233 g/mol. The maximum absolute atomic E-state index is 4.20. The van der Waals surface area contributed by atoms with Crippen molar-refractivity contribution in [2.45, 2.75) is 19.4 Å². The van der Waals surface area contributed by atoms with Gasteiger partial charge in [-0.3, -0.25) is 4.98 Å². The molecule has 1 saturated heterocycles. The average molecular weight is 233 g/mol. The van der Waals surface area contributed by atoms with Crippen molar-refractivity contribution in [3.05, 3.63) is 12.4 Å². The lowest BCUT2D eigenvalue weighted by Crippen LogP contribution is -2.58. The molecule has 1 fully saturated rings. The Hall–Kier alpha value is -1.76. The van der Waals surface area contributed by atoms with E-state index >= 15 is 0 Å². The van der Waals surface area contributed by atoms with Crippen molar-refractivity contribution in [2.24, 2.45) is 0 Å². The first-order valence-corrected chi connectivity index (χ1v) is 5.69. The number of fused-ring (bicyclic) bond motifs is 1. The molecule has 90 valence electrons. The highest BCUT2D eigenvalue weighted by molar-refractivity contribution is 5.48. The summed E-state index contributed by atoms with van der Waals surface area (Å²) < 4.78 is 1.74. The largest absolute Gasteiger partial charge is 0.347 e. The summed E-state index contributed by atoms with van der Waals surface area (Å²) in [5.74, 6) is 0.944. The molecule has 0 aromatic carbocycles. The van der Waals surface area contributed by atoms with Crippen LogP contribution in [-0.2, 0) is 0 Å². The minimum atomic E-state index is 0.0279. The van der Waals surface area contributed by atoms with Crippen LogP contribution in [0.15, 0.2) is 12.4 Å². The third kappa shape index (κ3) is 1.62. The van der Waals surface area contributed by atoms with Crippen molar-refractivity contribution < 1.29 is 0 Å². The Morgan fingerprint density at radius 1 is 1.35 bits per heavy atom. The second kappa shape index (κ2) is 3.63. The van der Waals surface area contributed by atoms with Crippen LogP contribution in [0.3, 0.4) is 0 Å². The molecule has 0 bridgehead atoms. The van der Waals surface area contributed by atoms with Gasteiger partial charge in [-0.2, -0.15) is 4.52 Å². The number of aromatic nitrogens is 5. The van der Waals surface area contributed by atoms with Gasteiger partial charge < -0.3 is 10.2 Å². The van der Waals surface area contributed by atoms with E-state index in [1.54, 1.807) is 10.7 Å². The van der Waals surface area contributed by atoms with Gasteiger partial charge in [-0.05, 0) is 24.3 Å². The fraction of sp³-hybridized carbons (Fsp3) is 0.600. The van der Waals surface area contributed by atoms with Crippen LogP contribution in [0, 0.1) is 0 Å². The maximum atomic E-state index is 4.20. The van der Waals surface area contributed by atoms with Crippen LogP contribution < -0.4 is 10.2 Å². The molecule has 1 aliphatic heterocycles. The second-order valence-electron chi connectivity index (χ2n) is 4.86. The molecule has 0 spiro atoms. The van der Waals surface area contributed by atoms with Gasteiger partial charge in [0.2, 0.25) is 0 Å². The Morgan fingerprint density at radius 3 is 3.06 bits per heavy atom. The molecule has 0 atom stereocenters. The average Bonchev–Trinajstić information content (AvgIpc) is 2.76. The number of piperazine rings is 1. The molecular formula is C10H15N7. The van der Waals surface area contributed by atoms with Gasteiger partial charge in [0.1, 0.15) is 0 Å². The lowest BCUT2D eigenvalue weighted by atomic mass is 10.0. The first kappa shape index (κ1) is 10.4. The topological polar surface area (TPSA) is 71.2 Å². The lowest BCUT2D eigenvalue weighted by molar-refractivity contribution is 0.375. The zero-order chi connectivity index (χ0) is 11.9. The molecule has 0 aliphatic carbocycles. The van der Waals surface area contributed by atoms with Crippen molar-refractivity contribution >= 4 is 11.5 Å². The van der Waals surface area contributed by atoms with Crippen LogP contribution in [0.5, 0.6) is 0 Å². The normalized spacial score (nSPS) is 19.8. The van der Waals surface area contributed by atoms with Crippen LogP contribution in [0.2, 0.25) is 0 Å². The van der Waals surface area contributed by atoms with Gasteiger partial charge in [-0.25, -0.2) is 0 Å².